The summed E-state index contributed by atoms with van der Waals surface area (Å²) in [5.74, 6) is 0.0749. The van der Waals surface area contributed by atoms with E-state index in [4.69, 9.17) is 4.74 Å². The van der Waals surface area contributed by atoms with Gasteiger partial charge in [-0.25, -0.2) is 4.79 Å². The number of para-hydroxylation sites is 1. The van der Waals surface area contributed by atoms with Crippen LogP contribution in [0.25, 0.3) is 0 Å². The first-order chi connectivity index (χ1) is 8.71. The van der Waals surface area contributed by atoms with Crippen LogP contribution in [0.2, 0.25) is 0 Å². The molecule has 0 amide bonds. The lowest BCUT2D eigenvalue weighted by Crippen LogP contribution is -2.04. The van der Waals surface area contributed by atoms with Crippen LogP contribution >= 0.6 is 0 Å². The summed E-state index contributed by atoms with van der Waals surface area (Å²) < 4.78 is 14.6. The highest BCUT2D eigenvalue weighted by atomic mass is 28.2. The summed E-state index contributed by atoms with van der Waals surface area (Å²) >= 11 is 0. The number of hydrogen-bond acceptors (Lipinski definition) is 4. The number of hydrogen-bond donors (Lipinski definition) is 0. The normalized spacial score (nSPS) is 9.00. The van der Waals surface area contributed by atoms with Crippen LogP contribution < -0.4 is 4.74 Å². The Morgan fingerprint density at radius 3 is 2.44 bits per heavy atom. The van der Waals surface area contributed by atoms with E-state index in [0.29, 0.717) is 17.9 Å². The van der Waals surface area contributed by atoms with Crippen LogP contribution in [0.4, 0.5) is 0 Å². The van der Waals surface area contributed by atoms with Gasteiger partial charge in [0.2, 0.25) is 0 Å². The van der Waals surface area contributed by atoms with E-state index in [9.17, 15) is 4.79 Å². The molecular weight excluding hydrogens is 248 g/mol. The molecule has 1 aromatic rings. The molecule has 0 unspecified atom stereocenters. The minimum atomic E-state index is -0.455. The predicted molar refractivity (Wildman–Crippen MR) is 74.8 cm³/mol. The lowest BCUT2D eigenvalue weighted by atomic mass is 10.2. The lowest BCUT2D eigenvalue weighted by Gasteiger charge is -2.07. The largest absolute Gasteiger partial charge is 0.493 e. The van der Waals surface area contributed by atoms with Gasteiger partial charge in [-0.3, -0.25) is 0 Å². The molecule has 0 fully saturated rings. The Balaban J connectivity index is 0.000000631. The molecule has 4 nitrogen and oxygen atoms in total. The Morgan fingerprint density at radius 2 is 1.94 bits per heavy atom. The number of esters is 1. The average Bonchev–Trinajstić information content (AvgIpc) is 2.40. The first-order valence-electron chi connectivity index (χ1n) is 5.73. The van der Waals surface area contributed by atoms with Crippen LogP contribution in [-0.4, -0.2) is 29.7 Å². The van der Waals surface area contributed by atoms with Gasteiger partial charge in [-0.2, -0.15) is 0 Å². The summed E-state index contributed by atoms with van der Waals surface area (Å²) in [6.45, 7) is 8.56. The van der Waals surface area contributed by atoms with E-state index >= 15 is 0 Å². The van der Waals surface area contributed by atoms with Gasteiger partial charge in [-0.15, -0.1) is 0 Å². The highest BCUT2D eigenvalue weighted by Gasteiger charge is 2.11. The van der Waals surface area contributed by atoms with Crippen molar-refractivity contribution in [3.05, 3.63) is 42.7 Å². The van der Waals surface area contributed by atoms with Crippen molar-refractivity contribution in [1.29, 1.82) is 0 Å². The summed E-state index contributed by atoms with van der Waals surface area (Å²) in [6, 6.07) is 6.93. The fourth-order valence-electron chi connectivity index (χ4n) is 1.06. The molecule has 5 heteroatoms. The quantitative estimate of drug-likeness (QED) is 0.463. The molecule has 0 N–H and O–H groups in total. The van der Waals surface area contributed by atoms with Crippen molar-refractivity contribution in [2.75, 3.05) is 13.2 Å². The minimum Gasteiger partial charge on any atom is -0.493 e. The Kier molecular flexibility index (Phi) is 9.62. The third-order valence-electron chi connectivity index (χ3n) is 1.89. The lowest BCUT2D eigenvalue weighted by molar-refractivity contribution is 0.0660. The van der Waals surface area contributed by atoms with E-state index in [1.54, 1.807) is 24.3 Å². The van der Waals surface area contributed by atoms with E-state index in [0.717, 1.165) is 23.4 Å². The third-order valence-corrected chi connectivity index (χ3v) is 2.46. The van der Waals surface area contributed by atoms with Gasteiger partial charge in [0.15, 0.2) is 0 Å². The molecule has 0 atom stereocenters. The second-order valence-electron chi connectivity index (χ2n) is 3.08. The van der Waals surface area contributed by atoms with Crippen molar-refractivity contribution >= 4 is 16.5 Å². The molecule has 0 aromatic heterocycles. The predicted octanol–water partition coefficient (Wildman–Crippen LogP) is 1.69. The molecule has 0 saturated heterocycles. The van der Waals surface area contributed by atoms with Crippen molar-refractivity contribution in [3.8, 4) is 5.75 Å². The van der Waals surface area contributed by atoms with E-state index in [2.05, 4.69) is 15.7 Å². The second kappa shape index (κ2) is 10.6. The van der Waals surface area contributed by atoms with Crippen molar-refractivity contribution in [1.82, 2.24) is 0 Å². The third kappa shape index (κ3) is 6.22. The maximum Gasteiger partial charge on any atom is 0.346 e. The maximum atomic E-state index is 11.4. The molecule has 0 radical (unpaired) electrons. The summed E-state index contributed by atoms with van der Waals surface area (Å²) in [4.78, 5) is 11.4. The molecule has 0 saturated carbocycles. The zero-order valence-corrected chi connectivity index (χ0v) is 13.1. The van der Waals surface area contributed by atoms with Gasteiger partial charge >= 0.3 is 5.97 Å². The van der Waals surface area contributed by atoms with Gasteiger partial charge in [0.1, 0.15) is 21.8 Å². The second-order valence-corrected chi connectivity index (χ2v) is 3.66. The number of carbonyl (C=O) groups excluding carboxylic acids is 1. The molecule has 0 aliphatic rings. The molecule has 0 spiro atoms. The van der Waals surface area contributed by atoms with Gasteiger partial charge in [-0.1, -0.05) is 18.7 Å². The number of rotatable bonds is 5. The highest BCUT2D eigenvalue weighted by Crippen LogP contribution is 2.18. The molecular formula is C13H20O4Si. The Morgan fingerprint density at radius 1 is 1.33 bits per heavy atom. The van der Waals surface area contributed by atoms with Crippen LogP contribution in [0.5, 0.6) is 5.75 Å². The molecule has 1 aromatic carbocycles. The van der Waals surface area contributed by atoms with Crippen molar-refractivity contribution in [2.24, 2.45) is 0 Å². The van der Waals surface area contributed by atoms with Gasteiger partial charge in [0, 0.05) is 6.61 Å². The molecule has 1 rings (SSSR count). The van der Waals surface area contributed by atoms with Crippen LogP contribution in [-0.2, 0) is 9.16 Å². The van der Waals surface area contributed by atoms with Gasteiger partial charge in [0.05, 0.1) is 12.9 Å². The number of ether oxygens (including phenoxy) is 2. The minimum absolute atomic E-state index is 0.411. The first-order valence-corrected chi connectivity index (χ1v) is 6.55. The van der Waals surface area contributed by atoms with E-state index in [-0.39, 0.29) is 0 Å². The molecule has 100 valence electrons. The van der Waals surface area contributed by atoms with Gasteiger partial charge in [-0.05, 0) is 26.0 Å². The monoisotopic (exact) mass is 268 g/mol. The molecule has 0 heterocycles. The molecule has 0 bridgehead atoms. The van der Waals surface area contributed by atoms with E-state index < -0.39 is 5.97 Å². The zero-order valence-electron chi connectivity index (χ0n) is 11.1. The standard InChI is InChI=1S/C11H12O3.C2H8OSi/c1-3-13-10-8-6-5-7-9(10)11(12)14-4-2;1-2-3-4/h4-8H,2-3H2,1H3;2H2,1,4H3. The topological polar surface area (TPSA) is 44.8 Å². The summed E-state index contributed by atoms with van der Waals surface area (Å²) in [5, 5.41) is 0. The SMILES string of the molecule is C=COC(=O)c1ccccc1OCC.CCO[SiH3]. The van der Waals surface area contributed by atoms with Crippen LogP contribution in [0, 0.1) is 0 Å². The Labute approximate surface area is 111 Å². The molecule has 18 heavy (non-hydrogen) atoms. The van der Waals surface area contributed by atoms with Crippen LogP contribution in [0.3, 0.4) is 0 Å². The zero-order chi connectivity index (χ0) is 13.8. The fraction of sp³-hybridized carbons (Fsp3) is 0.308. The number of benzene rings is 1. The maximum absolute atomic E-state index is 11.4. The smallest absolute Gasteiger partial charge is 0.346 e. The van der Waals surface area contributed by atoms with Gasteiger partial charge < -0.3 is 13.9 Å². The molecule has 0 aliphatic carbocycles. The van der Waals surface area contributed by atoms with Crippen molar-refractivity contribution < 1.29 is 18.7 Å². The number of carbonyl (C=O) groups is 1. The van der Waals surface area contributed by atoms with E-state index in [1.807, 2.05) is 13.8 Å². The first kappa shape index (κ1) is 16.4. The highest BCUT2D eigenvalue weighted by molar-refractivity contribution is 5.97. The van der Waals surface area contributed by atoms with Gasteiger partial charge in [0.25, 0.3) is 0 Å². The van der Waals surface area contributed by atoms with E-state index in [1.165, 1.54) is 0 Å². The fourth-order valence-corrected chi connectivity index (χ4v) is 1.06. The van der Waals surface area contributed by atoms with Crippen LogP contribution in [0.15, 0.2) is 37.1 Å². The Bertz CT molecular complexity index is 364. The van der Waals surface area contributed by atoms with Crippen molar-refractivity contribution in [3.63, 3.8) is 0 Å². The average molecular weight is 268 g/mol. The summed E-state index contributed by atoms with van der Waals surface area (Å²) in [7, 11) is 0.890. The van der Waals surface area contributed by atoms with Crippen LogP contribution in [0.1, 0.15) is 24.2 Å². The molecule has 0 aliphatic heterocycles. The van der Waals surface area contributed by atoms with Crippen molar-refractivity contribution in [2.45, 2.75) is 13.8 Å². The summed E-state index contributed by atoms with van der Waals surface area (Å²) in [5.41, 5.74) is 0.411. The Hall–Kier alpha value is -1.59. The summed E-state index contributed by atoms with van der Waals surface area (Å²) in [6.07, 6.45) is 1.10.